The number of allylic oxidation sites excluding steroid dienone is 1. The van der Waals surface area contributed by atoms with Crippen molar-refractivity contribution in [2.75, 3.05) is 13.2 Å². The van der Waals surface area contributed by atoms with Gasteiger partial charge >= 0.3 is 5.97 Å². The van der Waals surface area contributed by atoms with Crippen LogP contribution in [0.4, 0.5) is 0 Å². The molecule has 0 saturated heterocycles. The van der Waals surface area contributed by atoms with Gasteiger partial charge in [0, 0.05) is 15.7 Å². The van der Waals surface area contributed by atoms with Crippen LogP contribution >= 0.6 is 27.3 Å². The lowest BCUT2D eigenvalue weighted by Gasteiger charge is -2.24. The molecule has 1 atom stereocenters. The minimum atomic E-state index is -0.739. The van der Waals surface area contributed by atoms with Gasteiger partial charge in [-0.15, -0.1) is 0 Å². The zero-order valence-corrected chi connectivity index (χ0v) is 30.5. The number of ether oxygens (including phenoxy) is 2. The van der Waals surface area contributed by atoms with E-state index in [0.717, 1.165) is 43.8 Å². The van der Waals surface area contributed by atoms with E-state index >= 15 is 0 Å². The maximum atomic E-state index is 14.6. The molecule has 0 aliphatic carbocycles. The minimum Gasteiger partial charge on any atom is -0.490 e. The third kappa shape index (κ3) is 6.70. The van der Waals surface area contributed by atoms with Gasteiger partial charge < -0.3 is 14.0 Å². The molecule has 1 aliphatic rings. The number of carbonyl (C=O) groups excluding carboxylic acids is 1. The molecule has 51 heavy (non-hydrogen) atoms. The number of carbonyl (C=O) groups is 1. The van der Waals surface area contributed by atoms with Gasteiger partial charge in [0.1, 0.15) is 12.4 Å². The third-order valence-electron chi connectivity index (χ3n) is 8.60. The Hall–Kier alpha value is -5.51. The molecule has 254 valence electrons. The molecule has 2 aromatic heterocycles. The lowest BCUT2D eigenvalue weighted by Crippen LogP contribution is -2.39. The van der Waals surface area contributed by atoms with Crippen molar-refractivity contribution in [2.24, 2.45) is 4.99 Å². The van der Waals surface area contributed by atoms with Gasteiger partial charge in [-0.05, 0) is 79.1 Å². The molecule has 0 fully saturated rings. The van der Waals surface area contributed by atoms with E-state index in [1.807, 2.05) is 78.9 Å². The maximum absolute atomic E-state index is 14.6. The molecule has 1 aliphatic heterocycles. The van der Waals surface area contributed by atoms with Crippen molar-refractivity contribution in [2.45, 2.75) is 19.9 Å². The van der Waals surface area contributed by atoms with Gasteiger partial charge in [0.15, 0.2) is 4.80 Å². The molecule has 0 amide bonds. The largest absolute Gasteiger partial charge is 0.490 e. The summed E-state index contributed by atoms with van der Waals surface area (Å²) in [5.41, 5.74) is 7.13. The highest BCUT2D eigenvalue weighted by atomic mass is 79.9. The smallest absolute Gasteiger partial charge is 0.338 e. The van der Waals surface area contributed by atoms with Gasteiger partial charge in [-0.3, -0.25) is 9.36 Å². The van der Waals surface area contributed by atoms with Gasteiger partial charge in [-0.1, -0.05) is 113 Å². The van der Waals surface area contributed by atoms with Crippen LogP contribution in [-0.4, -0.2) is 28.3 Å². The third-order valence-corrected chi connectivity index (χ3v) is 10.1. The second-order valence-electron chi connectivity index (χ2n) is 11.8. The molecule has 0 radical (unpaired) electrons. The second-order valence-corrected chi connectivity index (χ2v) is 13.8. The van der Waals surface area contributed by atoms with Crippen molar-refractivity contribution in [1.29, 1.82) is 0 Å². The molecule has 0 unspecified atom stereocenters. The summed E-state index contributed by atoms with van der Waals surface area (Å²) >= 11 is 4.89. The van der Waals surface area contributed by atoms with Crippen LogP contribution in [0.15, 0.2) is 153 Å². The van der Waals surface area contributed by atoms with Crippen molar-refractivity contribution in [1.82, 2.24) is 9.13 Å². The first-order valence-corrected chi connectivity index (χ1v) is 18.1. The number of benzene rings is 4. The number of thiazole rings is 1. The predicted molar refractivity (Wildman–Crippen MR) is 207 cm³/mol. The van der Waals surface area contributed by atoms with E-state index in [2.05, 4.69) is 69.5 Å². The molecular formula is C42H34BrN3O4S. The molecule has 9 heteroatoms. The second kappa shape index (κ2) is 14.8. The predicted octanol–water partition coefficient (Wildman–Crippen LogP) is 8.25. The van der Waals surface area contributed by atoms with Gasteiger partial charge in [-0.2, -0.15) is 0 Å². The molecule has 4 aromatic carbocycles. The van der Waals surface area contributed by atoms with E-state index in [4.69, 9.17) is 14.5 Å². The average Bonchev–Trinajstić information content (AvgIpc) is 3.68. The van der Waals surface area contributed by atoms with E-state index in [1.54, 1.807) is 24.5 Å². The normalized spacial score (nSPS) is 14.2. The summed E-state index contributed by atoms with van der Waals surface area (Å²) in [6, 6.07) is 37.4. The Morgan fingerprint density at radius 2 is 1.61 bits per heavy atom. The summed E-state index contributed by atoms with van der Waals surface area (Å²) in [5, 5.41) is 0. The highest BCUT2D eigenvalue weighted by Crippen LogP contribution is 2.37. The first-order valence-electron chi connectivity index (χ1n) is 16.5. The Kier molecular flexibility index (Phi) is 9.83. The lowest BCUT2D eigenvalue weighted by atomic mass is 9.96. The molecule has 0 bridgehead atoms. The van der Waals surface area contributed by atoms with Crippen LogP contribution in [0.1, 0.15) is 31.0 Å². The van der Waals surface area contributed by atoms with Crippen LogP contribution in [0.5, 0.6) is 5.75 Å². The van der Waals surface area contributed by atoms with Gasteiger partial charge in [0.2, 0.25) is 0 Å². The molecule has 3 heterocycles. The van der Waals surface area contributed by atoms with Gasteiger partial charge in [-0.25, -0.2) is 9.79 Å². The van der Waals surface area contributed by atoms with Crippen molar-refractivity contribution < 1.29 is 14.3 Å². The van der Waals surface area contributed by atoms with E-state index in [1.165, 1.54) is 11.3 Å². The fourth-order valence-electron chi connectivity index (χ4n) is 6.36. The lowest BCUT2D eigenvalue weighted by molar-refractivity contribution is -0.139. The van der Waals surface area contributed by atoms with Crippen LogP contribution in [0.3, 0.4) is 0 Å². The topological polar surface area (TPSA) is 74.8 Å². The van der Waals surface area contributed by atoms with Crippen LogP contribution < -0.4 is 19.6 Å². The minimum absolute atomic E-state index is 0.197. The number of rotatable bonds is 10. The SMILES string of the molecule is C=CCOc1ccc([C@H]2C(C(=O)OCC)=C(C)N=c3s/c(=C\c4cc(-c5ccccc5)n(-c5ccc(Br)cc5)c4-c4ccccc4)c(=O)n32)cc1. The maximum Gasteiger partial charge on any atom is 0.338 e. The Morgan fingerprint density at radius 3 is 2.25 bits per heavy atom. The number of fused-ring (bicyclic) bond motifs is 1. The number of hydrogen-bond acceptors (Lipinski definition) is 6. The zero-order chi connectivity index (χ0) is 35.5. The number of halogens is 1. The fraction of sp³-hybridized carbons (Fsp3) is 0.119. The van der Waals surface area contributed by atoms with E-state index < -0.39 is 12.0 Å². The molecule has 7 nitrogen and oxygen atoms in total. The summed E-state index contributed by atoms with van der Waals surface area (Å²) in [6.07, 6.45) is 3.62. The Labute approximate surface area is 307 Å². The van der Waals surface area contributed by atoms with Crippen LogP contribution in [0.2, 0.25) is 0 Å². The highest BCUT2D eigenvalue weighted by molar-refractivity contribution is 9.10. The van der Waals surface area contributed by atoms with Gasteiger partial charge in [0.05, 0.1) is 39.8 Å². The Bertz CT molecular complexity index is 2440. The van der Waals surface area contributed by atoms with Crippen LogP contribution in [0.25, 0.3) is 34.3 Å². The standard InChI is InChI=1S/C42H34BrN3O4S/c1-4-24-50-34-22-16-30(17-23-34)39-37(41(48)49-5-2)27(3)44-42-46(39)40(47)36(51-42)26-31-25-35(28-12-8-6-9-13-28)45(33-20-18-32(43)19-21-33)38(31)29-14-10-7-11-15-29/h4,6-23,25-26,39H,1,5,24H2,2-3H3/b36-26-/t39-/m0/s1. The van der Waals surface area contributed by atoms with E-state index in [9.17, 15) is 9.59 Å². The summed E-state index contributed by atoms with van der Waals surface area (Å²) in [7, 11) is 0. The summed E-state index contributed by atoms with van der Waals surface area (Å²) in [6.45, 7) is 7.83. The number of esters is 1. The molecule has 0 N–H and O–H groups in total. The number of aromatic nitrogens is 2. The van der Waals surface area contributed by atoms with E-state index in [0.29, 0.717) is 33.0 Å². The molecular weight excluding hydrogens is 722 g/mol. The quantitative estimate of drug-likeness (QED) is 0.104. The average molecular weight is 757 g/mol. The fourth-order valence-corrected chi connectivity index (χ4v) is 7.66. The molecule has 6 aromatic rings. The molecule has 0 spiro atoms. The van der Waals surface area contributed by atoms with Crippen LogP contribution in [0, 0.1) is 0 Å². The summed E-state index contributed by atoms with van der Waals surface area (Å²) in [5.74, 6) is 0.151. The van der Waals surface area contributed by atoms with Crippen molar-refractivity contribution >= 4 is 39.3 Å². The van der Waals surface area contributed by atoms with Crippen LogP contribution in [-0.2, 0) is 9.53 Å². The first-order chi connectivity index (χ1) is 24.9. The summed E-state index contributed by atoms with van der Waals surface area (Å²) in [4.78, 5) is 33.4. The van der Waals surface area contributed by atoms with Crippen molar-refractivity contribution in [3.63, 3.8) is 0 Å². The number of hydrogen-bond donors (Lipinski definition) is 0. The first kappa shape index (κ1) is 34.0. The monoisotopic (exact) mass is 755 g/mol. The summed E-state index contributed by atoms with van der Waals surface area (Å²) < 4.78 is 16.5. The highest BCUT2D eigenvalue weighted by Gasteiger charge is 2.33. The molecule has 0 saturated carbocycles. The van der Waals surface area contributed by atoms with Crippen molar-refractivity contribution in [3.05, 3.63) is 174 Å². The zero-order valence-electron chi connectivity index (χ0n) is 28.1. The Balaban J connectivity index is 1.47. The van der Waals surface area contributed by atoms with E-state index in [-0.39, 0.29) is 12.2 Å². The van der Waals surface area contributed by atoms with Crippen molar-refractivity contribution in [3.8, 4) is 34.0 Å². The molecule has 7 rings (SSSR count). The number of nitrogens with zero attached hydrogens (tertiary/aromatic N) is 3. The van der Waals surface area contributed by atoms with Gasteiger partial charge in [0.25, 0.3) is 5.56 Å². The Morgan fingerprint density at radius 1 is 0.941 bits per heavy atom.